The second-order valence-electron chi connectivity index (χ2n) is 7.73. The molecule has 0 unspecified atom stereocenters. The maximum absolute atomic E-state index is 9.80. The van der Waals surface area contributed by atoms with Crippen LogP contribution in [0.25, 0.3) is 11.2 Å². The summed E-state index contributed by atoms with van der Waals surface area (Å²) >= 11 is 1.62. The van der Waals surface area contributed by atoms with E-state index >= 15 is 0 Å². The number of aliphatic hydroxyl groups excluding tert-OH is 1. The van der Waals surface area contributed by atoms with Crippen LogP contribution >= 0.6 is 11.8 Å². The summed E-state index contributed by atoms with van der Waals surface area (Å²) in [6, 6.07) is 6.37. The summed E-state index contributed by atoms with van der Waals surface area (Å²) < 4.78 is 2.05. The van der Waals surface area contributed by atoms with Gasteiger partial charge in [-0.15, -0.1) is 0 Å². The Balaban J connectivity index is 1.28. The van der Waals surface area contributed by atoms with E-state index in [1.807, 2.05) is 10.9 Å². The number of anilines is 3. The third-order valence-corrected chi connectivity index (χ3v) is 6.74. The van der Waals surface area contributed by atoms with Crippen molar-refractivity contribution >= 4 is 40.2 Å². The topological polar surface area (TPSA) is 105 Å². The summed E-state index contributed by atoms with van der Waals surface area (Å²) in [5.41, 5.74) is 3.78. The van der Waals surface area contributed by atoms with Crippen molar-refractivity contribution in [3.05, 3.63) is 48.8 Å². The van der Waals surface area contributed by atoms with Crippen LogP contribution in [0.15, 0.2) is 53.2 Å². The lowest BCUT2D eigenvalue weighted by molar-refractivity contribution is 0.145. The van der Waals surface area contributed by atoms with Gasteiger partial charge in [0.05, 0.1) is 24.7 Å². The molecule has 1 saturated heterocycles. The number of benzene rings is 1. The van der Waals surface area contributed by atoms with E-state index in [4.69, 9.17) is 0 Å². The highest BCUT2D eigenvalue weighted by Crippen LogP contribution is 2.42. The van der Waals surface area contributed by atoms with Crippen LogP contribution in [-0.2, 0) is 6.54 Å². The number of rotatable bonds is 3. The number of piperidine rings is 1. The van der Waals surface area contributed by atoms with Crippen molar-refractivity contribution in [2.75, 3.05) is 23.3 Å². The zero-order valence-electron chi connectivity index (χ0n) is 16.6. The van der Waals surface area contributed by atoms with Gasteiger partial charge < -0.3 is 19.9 Å². The summed E-state index contributed by atoms with van der Waals surface area (Å²) in [5.74, 6) is 1.63. The Morgan fingerprint density at radius 3 is 2.84 bits per heavy atom. The first-order chi connectivity index (χ1) is 15.2. The number of hydrogen-bond donors (Lipinski definition) is 2. The van der Waals surface area contributed by atoms with Gasteiger partial charge in [0.25, 0.3) is 0 Å². The number of imidazole rings is 1. The molecule has 0 spiro atoms. The molecule has 156 valence electrons. The van der Waals surface area contributed by atoms with Crippen LogP contribution in [0, 0.1) is 0 Å². The molecule has 0 radical (unpaired) electrons. The van der Waals surface area contributed by atoms with Crippen LogP contribution in [0.3, 0.4) is 0 Å². The highest BCUT2D eigenvalue weighted by Gasteiger charge is 2.22. The Kier molecular flexibility index (Phi) is 4.46. The van der Waals surface area contributed by atoms with E-state index in [9.17, 15) is 5.11 Å². The maximum Gasteiger partial charge on any atom is 0.165 e. The molecule has 0 saturated carbocycles. The summed E-state index contributed by atoms with van der Waals surface area (Å²) in [5, 5.41) is 14.1. The molecule has 5 heterocycles. The minimum atomic E-state index is -0.222. The molecule has 2 aliphatic rings. The van der Waals surface area contributed by atoms with Gasteiger partial charge in [-0.2, -0.15) is 0 Å². The van der Waals surface area contributed by atoms with Crippen LogP contribution in [0.5, 0.6) is 0 Å². The summed E-state index contributed by atoms with van der Waals surface area (Å²) in [6.45, 7) is 2.20. The Morgan fingerprint density at radius 1 is 1.06 bits per heavy atom. The molecule has 10 heteroatoms. The zero-order valence-corrected chi connectivity index (χ0v) is 17.5. The molecule has 0 atom stereocenters. The average Bonchev–Trinajstić information content (AvgIpc) is 3.21. The fourth-order valence-electron chi connectivity index (χ4n) is 4.07. The van der Waals surface area contributed by atoms with Gasteiger partial charge in [0.1, 0.15) is 11.4 Å². The fraction of sp³-hybridized carbons (Fsp3) is 0.286. The van der Waals surface area contributed by atoms with Gasteiger partial charge in [-0.25, -0.2) is 24.9 Å². The third kappa shape index (κ3) is 3.37. The molecule has 3 aromatic heterocycles. The molecule has 6 rings (SSSR count). The standard InChI is InChI=1S/C21H20N8OS/c30-14-3-7-28(8-4-14)19-17-20(25-11-24-19)29(12-26-17)10-13-1-2-16-15(9-13)27-18-21(31-16)23-6-5-22-18/h1-2,5-6,9,11-12,14,30H,3-4,7-8,10H2,(H,22,27). The quantitative estimate of drug-likeness (QED) is 0.445. The van der Waals surface area contributed by atoms with Gasteiger partial charge in [0, 0.05) is 30.4 Å². The molecule has 9 nitrogen and oxygen atoms in total. The van der Waals surface area contributed by atoms with Crippen molar-refractivity contribution in [2.45, 2.75) is 35.4 Å². The number of aromatic nitrogens is 6. The fourth-order valence-corrected chi connectivity index (χ4v) is 4.95. The van der Waals surface area contributed by atoms with Crippen LogP contribution < -0.4 is 10.2 Å². The number of fused-ring (bicyclic) bond motifs is 3. The normalized spacial score (nSPS) is 16.1. The second kappa shape index (κ2) is 7.47. The lowest BCUT2D eigenvalue weighted by Gasteiger charge is -2.30. The van der Waals surface area contributed by atoms with Gasteiger partial charge in [0.2, 0.25) is 0 Å². The highest BCUT2D eigenvalue weighted by atomic mass is 32.2. The number of nitrogens with zero attached hydrogens (tertiary/aromatic N) is 7. The van der Waals surface area contributed by atoms with Crippen LogP contribution in [0.1, 0.15) is 18.4 Å². The molecule has 0 amide bonds. The van der Waals surface area contributed by atoms with E-state index in [0.29, 0.717) is 6.54 Å². The first-order valence-electron chi connectivity index (χ1n) is 10.2. The highest BCUT2D eigenvalue weighted by molar-refractivity contribution is 7.99. The predicted molar refractivity (Wildman–Crippen MR) is 118 cm³/mol. The van der Waals surface area contributed by atoms with E-state index in [1.165, 1.54) is 0 Å². The van der Waals surface area contributed by atoms with E-state index in [-0.39, 0.29) is 6.10 Å². The van der Waals surface area contributed by atoms with Crippen molar-refractivity contribution in [3.63, 3.8) is 0 Å². The molecule has 0 bridgehead atoms. The molecule has 31 heavy (non-hydrogen) atoms. The molecule has 2 aliphatic heterocycles. The van der Waals surface area contributed by atoms with Crippen LogP contribution in [0.4, 0.5) is 17.3 Å². The third-order valence-electron chi connectivity index (χ3n) is 5.67. The van der Waals surface area contributed by atoms with E-state index in [2.05, 4.69) is 53.3 Å². The lowest BCUT2D eigenvalue weighted by Crippen LogP contribution is -2.36. The Morgan fingerprint density at radius 2 is 1.94 bits per heavy atom. The summed E-state index contributed by atoms with van der Waals surface area (Å²) in [7, 11) is 0. The monoisotopic (exact) mass is 432 g/mol. The average molecular weight is 433 g/mol. The first kappa shape index (κ1) is 18.5. The number of nitrogens with one attached hydrogen (secondary N) is 1. The maximum atomic E-state index is 9.80. The van der Waals surface area contributed by atoms with Gasteiger partial charge in [-0.3, -0.25) is 0 Å². The van der Waals surface area contributed by atoms with Gasteiger partial charge >= 0.3 is 0 Å². The van der Waals surface area contributed by atoms with Crippen molar-refractivity contribution in [1.82, 2.24) is 29.5 Å². The second-order valence-corrected chi connectivity index (χ2v) is 8.76. The van der Waals surface area contributed by atoms with Crippen molar-refractivity contribution in [2.24, 2.45) is 0 Å². The van der Waals surface area contributed by atoms with Crippen molar-refractivity contribution < 1.29 is 5.11 Å². The smallest absolute Gasteiger partial charge is 0.165 e. The Hall–Kier alpha value is -3.24. The largest absolute Gasteiger partial charge is 0.393 e. The minimum Gasteiger partial charge on any atom is -0.393 e. The lowest BCUT2D eigenvalue weighted by atomic mass is 10.1. The Bertz CT molecular complexity index is 1270. The minimum absolute atomic E-state index is 0.222. The van der Waals surface area contributed by atoms with Crippen molar-refractivity contribution in [1.29, 1.82) is 0 Å². The molecule has 1 aromatic carbocycles. The molecular weight excluding hydrogens is 412 g/mol. The van der Waals surface area contributed by atoms with E-state index in [0.717, 1.165) is 69.9 Å². The van der Waals surface area contributed by atoms with Gasteiger partial charge in [-0.05, 0) is 30.5 Å². The molecule has 2 N–H and O–H groups in total. The van der Waals surface area contributed by atoms with Crippen LogP contribution in [-0.4, -0.2) is 53.8 Å². The van der Waals surface area contributed by atoms with E-state index in [1.54, 1.807) is 30.5 Å². The number of hydrogen-bond acceptors (Lipinski definition) is 9. The summed E-state index contributed by atoms with van der Waals surface area (Å²) in [6.07, 6.45) is 8.10. The zero-order chi connectivity index (χ0) is 20.8. The van der Waals surface area contributed by atoms with Crippen molar-refractivity contribution in [3.8, 4) is 0 Å². The summed E-state index contributed by atoms with van der Waals surface area (Å²) in [4.78, 5) is 25.7. The molecule has 1 fully saturated rings. The molecule has 4 aromatic rings. The number of aliphatic hydroxyl groups is 1. The first-order valence-corrected chi connectivity index (χ1v) is 11.0. The van der Waals surface area contributed by atoms with E-state index < -0.39 is 0 Å². The Labute approximate surface area is 182 Å². The van der Waals surface area contributed by atoms with Gasteiger partial charge in [0.15, 0.2) is 22.8 Å². The SMILES string of the molecule is OC1CCN(c2ncnc3c2ncn3Cc2ccc3c(c2)Nc2nccnc2S3)CC1. The van der Waals surface area contributed by atoms with Gasteiger partial charge in [-0.1, -0.05) is 17.8 Å². The predicted octanol–water partition coefficient (Wildman–Crippen LogP) is 2.83. The molecular formula is C21H20N8OS. The molecule has 0 aliphatic carbocycles. The van der Waals surface area contributed by atoms with Crippen LogP contribution in [0.2, 0.25) is 0 Å².